The van der Waals surface area contributed by atoms with Crippen molar-refractivity contribution in [1.29, 1.82) is 0 Å². The van der Waals surface area contributed by atoms with Crippen molar-refractivity contribution in [3.8, 4) is 0 Å². The van der Waals surface area contributed by atoms with Crippen molar-refractivity contribution in [1.82, 2.24) is 9.55 Å². The van der Waals surface area contributed by atoms with E-state index >= 15 is 0 Å². The van der Waals surface area contributed by atoms with Crippen molar-refractivity contribution in [2.45, 2.75) is 50.7 Å². The summed E-state index contributed by atoms with van der Waals surface area (Å²) in [5.74, 6) is 0.888. The van der Waals surface area contributed by atoms with Gasteiger partial charge in [-0.05, 0) is 37.8 Å². The maximum Gasteiger partial charge on any atom is 0.206 e. The number of halogens is 1. The maximum atomic E-state index is 14.0. The molecule has 0 amide bonds. The molecule has 2 aliphatic rings. The Labute approximate surface area is 135 Å². The molecule has 4 rings (SSSR count). The van der Waals surface area contributed by atoms with Crippen molar-refractivity contribution in [3.05, 3.63) is 24.0 Å². The van der Waals surface area contributed by atoms with E-state index in [1.807, 2.05) is 17.7 Å². The number of fused-ring (bicyclic) bond motifs is 1. The fourth-order valence-corrected chi connectivity index (χ4v) is 4.50. The Balaban J connectivity index is 1.71. The summed E-state index contributed by atoms with van der Waals surface area (Å²) in [6.45, 7) is 0.937. The highest BCUT2D eigenvalue weighted by atomic mass is 19.1. The summed E-state index contributed by atoms with van der Waals surface area (Å²) >= 11 is 0. The first-order valence-electron chi connectivity index (χ1n) is 8.72. The molecule has 2 aromatic rings. The zero-order valence-electron chi connectivity index (χ0n) is 13.6. The van der Waals surface area contributed by atoms with E-state index in [0.29, 0.717) is 17.5 Å². The average molecular weight is 317 g/mol. The van der Waals surface area contributed by atoms with Crippen molar-refractivity contribution in [2.24, 2.45) is 13.0 Å². The van der Waals surface area contributed by atoms with Gasteiger partial charge in [-0.1, -0.05) is 18.9 Å². The topological polar surface area (TPSA) is 41.3 Å². The molecule has 1 aliphatic heterocycles. The summed E-state index contributed by atoms with van der Waals surface area (Å²) in [5, 5.41) is 10.4. The second-order valence-corrected chi connectivity index (χ2v) is 7.00. The molecule has 2 fully saturated rings. The fourth-order valence-electron chi connectivity index (χ4n) is 4.50. The van der Waals surface area contributed by atoms with Crippen LogP contribution in [0.25, 0.3) is 11.0 Å². The molecule has 3 atom stereocenters. The van der Waals surface area contributed by atoms with E-state index in [-0.39, 0.29) is 11.9 Å². The molecule has 1 aromatic heterocycles. The minimum absolute atomic E-state index is 0.208. The van der Waals surface area contributed by atoms with Crippen LogP contribution in [0.1, 0.15) is 38.5 Å². The summed E-state index contributed by atoms with van der Waals surface area (Å²) < 4.78 is 16.0. The fraction of sp³-hybridized carbons (Fsp3) is 0.611. The minimum Gasteiger partial charge on any atom is -0.393 e. The van der Waals surface area contributed by atoms with Crippen LogP contribution in [-0.4, -0.2) is 33.3 Å². The largest absolute Gasteiger partial charge is 0.393 e. The second kappa shape index (κ2) is 5.78. The molecule has 1 aliphatic carbocycles. The Morgan fingerprint density at radius 2 is 2.00 bits per heavy atom. The van der Waals surface area contributed by atoms with Gasteiger partial charge < -0.3 is 14.6 Å². The number of imidazole rings is 1. The number of hydrogen-bond donors (Lipinski definition) is 1. The van der Waals surface area contributed by atoms with Gasteiger partial charge in [0.2, 0.25) is 5.95 Å². The predicted octanol–water partition coefficient (Wildman–Crippen LogP) is 3.23. The van der Waals surface area contributed by atoms with Crippen LogP contribution in [0.15, 0.2) is 18.2 Å². The quantitative estimate of drug-likeness (QED) is 0.924. The van der Waals surface area contributed by atoms with E-state index in [1.54, 1.807) is 6.07 Å². The second-order valence-electron chi connectivity index (χ2n) is 7.00. The maximum absolute atomic E-state index is 14.0. The molecule has 5 heteroatoms. The zero-order chi connectivity index (χ0) is 16.0. The molecule has 124 valence electrons. The standard InChI is InChI=1S/C18H24FN3O/c1-21-15-8-4-7-13(19)17(15)20-18(21)22-11-5-9-14(22)12-6-2-3-10-16(12)23/h4,7-8,12,14,16,23H,2-3,5-6,9-11H2,1H3. The van der Waals surface area contributed by atoms with E-state index in [4.69, 9.17) is 0 Å². The third kappa shape index (κ3) is 2.42. The van der Waals surface area contributed by atoms with Crippen LogP contribution in [-0.2, 0) is 7.05 Å². The van der Waals surface area contributed by atoms with Gasteiger partial charge in [0, 0.05) is 25.6 Å². The molecule has 0 radical (unpaired) electrons. The molecule has 0 bridgehead atoms. The Morgan fingerprint density at radius 3 is 2.78 bits per heavy atom. The molecule has 1 saturated heterocycles. The number of rotatable bonds is 2. The Hall–Kier alpha value is -1.62. The molecule has 23 heavy (non-hydrogen) atoms. The summed E-state index contributed by atoms with van der Waals surface area (Å²) in [6, 6.07) is 5.43. The molecule has 0 spiro atoms. The number of aryl methyl sites for hydroxylation is 1. The molecule has 1 N–H and O–H groups in total. The lowest BCUT2D eigenvalue weighted by atomic mass is 9.80. The Bertz CT molecular complexity index is 714. The summed E-state index contributed by atoms with van der Waals surface area (Å²) in [4.78, 5) is 6.90. The number of benzene rings is 1. The number of aromatic nitrogens is 2. The van der Waals surface area contributed by atoms with Gasteiger partial charge >= 0.3 is 0 Å². The molecular weight excluding hydrogens is 293 g/mol. The highest BCUT2D eigenvalue weighted by Crippen LogP contribution is 2.37. The first kappa shape index (κ1) is 14.9. The Morgan fingerprint density at radius 1 is 1.17 bits per heavy atom. The van der Waals surface area contributed by atoms with Crippen LogP contribution in [0.5, 0.6) is 0 Å². The summed E-state index contributed by atoms with van der Waals surface area (Å²) in [7, 11) is 1.96. The number of para-hydroxylation sites is 1. The minimum atomic E-state index is -0.266. The van der Waals surface area contributed by atoms with Crippen molar-refractivity contribution < 1.29 is 9.50 Å². The highest BCUT2D eigenvalue weighted by Gasteiger charge is 2.38. The number of aliphatic hydroxyl groups is 1. The smallest absolute Gasteiger partial charge is 0.206 e. The SMILES string of the molecule is Cn1c(N2CCCC2C2CCCCC2O)nc2c(F)cccc21. The van der Waals surface area contributed by atoms with Gasteiger partial charge in [-0.15, -0.1) is 0 Å². The van der Waals surface area contributed by atoms with E-state index in [9.17, 15) is 9.50 Å². The van der Waals surface area contributed by atoms with E-state index in [0.717, 1.165) is 50.1 Å². The molecule has 1 aromatic carbocycles. The molecule has 3 unspecified atom stereocenters. The monoisotopic (exact) mass is 317 g/mol. The number of nitrogens with zero attached hydrogens (tertiary/aromatic N) is 3. The van der Waals surface area contributed by atoms with Crippen LogP contribution < -0.4 is 4.90 Å². The first-order valence-corrected chi connectivity index (χ1v) is 8.72. The number of anilines is 1. The van der Waals surface area contributed by atoms with Crippen LogP contribution in [0.4, 0.5) is 10.3 Å². The third-order valence-electron chi connectivity index (χ3n) is 5.67. The van der Waals surface area contributed by atoms with Crippen LogP contribution in [0.3, 0.4) is 0 Å². The van der Waals surface area contributed by atoms with Crippen molar-refractivity contribution in [2.75, 3.05) is 11.4 Å². The lowest BCUT2D eigenvalue weighted by Crippen LogP contribution is -2.43. The lowest BCUT2D eigenvalue weighted by Gasteiger charge is -2.37. The van der Waals surface area contributed by atoms with E-state index in [1.165, 1.54) is 12.5 Å². The van der Waals surface area contributed by atoms with Gasteiger partial charge in [-0.25, -0.2) is 9.37 Å². The van der Waals surface area contributed by atoms with Crippen molar-refractivity contribution >= 4 is 17.0 Å². The summed E-state index contributed by atoms with van der Waals surface area (Å²) in [6.07, 6.45) is 6.31. The number of hydrogen-bond acceptors (Lipinski definition) is 3. The van der Waals surface area contributed by atoms with Gasteiger partial charge in [0.1, 0.15) is 5.52 Å². The van der Waals surface area contributed by atoms with Gasteiger partial charge in [0.15, 0.2) is 5.82 Å². The van der Waals surface area contributed by atoms with Gasteiger partial charge in [0.25, 0.3) is 0 Å². The molecule has 2 heterocycles. The molecule has 1 saturated carbocycles. The highest BCUT2D eigenvalue weighted by molar-refractivity contribution is 5.79. The molecular formula is C18H24FN3O. The van der Waals surface area contributed by atoms with Crippen LogP contribution >= 0.6 is 0 Å². The zero-order valence-corrected chi connectivity index (χ0v) is 13.6. The van der Waals surface area contributed by atoms with Crippen molar-refractivity contribution in [3.63, 3.8) is 0 Å². The normalized spacial score (nSPS) is 28.7. The number of aliphatic hydroxyl groups excluding tert-OH is 1. The Kier molecular flexibility index (Phi) is 3.76. The van der Waals surface area contributed by atoms with Crippen LogP contribution in [0, 0.1) is 11.7 Å². The van der Waals surface area contributed by atoms with E-state index in [2.05, 4.69) is 9.88 Å². The van der Waals surface area contributed by atoms with Crippen LogP contribution in [0.2, 0.25) is 0 Å². The molecule has 4 nitrogen and oxygen atoms in total. The van der Waals surface area contributed by atoms with E-state index < -0.39 is 0 Å². The first-order chi connectivity index (χ1) is 11.2. The van der Waals surface area contributed by atoms with Gasteiger partial charge in [-0.3, -0.25) is 0 Å². The van der Waals surface area contributed by atoms with Gasteiger partial charge in [0.05, 0.1) is 11.6 Å². The van der Waals surface area contributed by atoms with Gasteiger partial charge in [-0.2, -0.15) is 0 Å². The summed E-state index contributed by atoms with van der Waals surface area (Å²) in [5.41, 5.74) is 1.27. The third-order valence-corrected chi connectivity index (χ3v) is 5.67. The predicted molar refractivity (Wildman–Crippen MR) is 89.0 cm³/mol. The lowest BCUT2D eigenvalue weighted by molar-refractivity contribution is 0.0563. The average Bonchev–Trinajstić information content (AvgIpc) is 3.14.